The van der Waals surface area contributed by atoms with Gasteiger partial charge in [-0.25, -0.2) is 4.68 Å². The first-order valence-electron chi connectivity index (χ1n) is 5.62. The molecule has 1 aliphatic rings. The maximum atomic E-state index is 10.9. The molecule has 1 aromatic carbocycles. The Bertz CT molecular complexity index is 599. The lowest BCUT2D eigenvalue weighted by atomic mass is 9.92. The van der Waals surface area contributed by atoms with E-state index in [0.717, 1.165) is 29.4 Å². The van der Waals surface area contributed by atoms with Crippen LogP contribution in [0.3, 0.4) is 0 Å². The third-order valence-corrected chi connectivity index (χ3v) is 3.57. The van der Waals surface area contributed by atoms with Gasteiger partial charge in [0.05, 0.1) is 11.9 Å². The highest BCUT2D eigenvalue weighted by Gasteiger charge is 2.46. The van der Waals surface area contributed by atoms with Crippen LogP contribution in [0.5, 0.6) is 0 Å². The molecule has 1 saturated carbocycles. The average molecular weight is 231 g/mol. The maximum absolute atomic E-state index is 10.9. The van der Waals surface area contributed by atoms with Crippen LogP contribution in [0.15, 0.2) is 18.2 Å². The molecule has 0 bridgehead atoms. The van der Waals surface area contributed by atoms with Crippen LogP contribution < -0.4 is 0 Å². The minimum atomic E-state index is -0.731. The van der Waals surface area contributed by atoms with Gasteiger partial charge in [0.15, 0.2) is 0 Å². The van der Waals surface area contributed by atoms with Crippen molar-refractivity contribution in [1.29, 1.82) is 0 Å². The smallest absolute Gasteiger partial charge is 0.304 e. The van der Waals surface area contributed by atoms with Crippen molar-refractivity contribution in [2.75, 3.05) is 0 Å². The number of hydrogen-bond donors (Lipinski definition) is 1. The van der Waals surface area contributed by atoms with E-state index >= 15 is 0 Å². The molecular weight excluding hydrogens is 218 g/mol. The minimum absolute atomic E-state index is 0.149. The Kier molecular flexibility index (Phi) is 1.98. The summed E-state index contributed by atoms with van der Waals surface area (Å²) in [7, 11) is 1.84. The largest absolute Gasteiger partial charge is 0.481 e. The lowest BCUT2D eigenvalue weighted by molar-refractivity contribution is -0.137. The molecule has 88 valence electrons. The Morgan fingerprint density at radius 3 is 2.94 bits per heavy atom. The van der Waals surface area contributed by atoms with E-state index in [9.17, 15) is 4.79 Å². The Morgan fingerprint density at radius 2 is 2.29 bits per heavy atom. The normalized spacial score (nSPS) is 17.2. The molecule has 0 spiro atoms. The standard InChI is InChI=1S/C12H13N3O2/c1-15-10-6-8(2-3-9(10)13-14-15)12(4-5-12)7-11(16)17/h2-3,6H,4-5,7H2,1H3,(H,16,17). The first-order chi connectivity index (χ1) is 8.11. The van der Waals surface area contributed by atoms with Crippen LogP contribution in [0.25, 0.3) is 11.0 Å². The predicted octanol–water partition coefficient (Wildman–Crippen LogP) is 1.47. The molecule has 3 rings (SSSR count). The SMILES string of the molecule is Cn1nnc2ccc(C3(CC(=O)O)CC3)cc21. The Balaban J connectivity index is 2.06. The molecule has 1 heterocycles. The molecule has 0 radical (unpaired) electrons. The van der Waals surface area contributed by atoms with Gasteiger partial charge in [0.2, 0.25) is 0 Å². The Hall–Kier alpha value is -1.91. The van der Waals surface area contributed by atoms with Gasteiger partial charge in [0, 0.05) is 12.5 Å². The molecule has 0 aliphatic heterocycles. The van der Waals surface area contributed by atoms with Gasteiger partial charge in [-0.15, -0.1) is 5.10 Å². The second-order valence-corrected chi connectivity index (χ2v) is 4.77. The van der Waals surface area contributed by atoms with E-state index in [4.69, 9.17) is 5.11 Å². The lowest BCUT2D eigenvalue weighted by Gasteiger charge is -2.12. The van der Waals surface area contributed by atoms with Crippen molar-refractivity contribution >= 4 is 17.0 Å². The number of rotatable bonds is 3. The van der Waals surface area contributed by atoms with Crippen LogP contribution in [-0.4, -0.2) is 26.1 Å². The third-order valence-electron chi connectivity index (χ3n) is 3.57. The van der Waals surface area contributed by atoms with E-state index in [1.807, 2.05) is 25.2 Å². The second-order valence-electron chi connectivity index (χ2n) is 4.77. The monoisotopic (exact) mass is 231 g/mol. The number of aliphatic carboxylic acids is 1. The molecule has 1 N–H and O–H groups in total. The highest BCUT2D eigenvalue weighted by molar-refractivity contribution is 5.76. The van der Waals surface area contributed by atoms with E-state index in [0.29, 0.717) is 0 Å². The van der Waals surface area contributed by atoms with Gasteiger partial charge >= 0.3 is 5.97 Å². The van der Waals surface area contributed by atoms with Gasteiger partial charge in [-0.3, -0.25) is 4.79 Å². The van der Waals surface area contributed by atoms with Crippen molar-refractivity contribution in [3.05, 3.63) is 23.8 Å². The number of fused-ring (bicyclic) bond motifs is 1. The molecule has 1 aromatic heterocycles. The summed E-state index contributed by atoms with van der Waals surface area (Å²) in [5, 5.41) is 16.9. The number of benzene rings is 1. The number of hydrogen-bond acceptors (Lipinski definition) is 3. The molecule has 0 unspecified atom stereocenters. The van der Waals surface area contributed by atoms with Gasteiger partial charge < -0.3 is 5.11 Å². The van der Waals surface area contributed by atoms with E-state index in [2.05, 4.69) is 10.3 Å². The molecule has 5 nitrogen and oxygen atoms in total. The fourth-order valence-corrected chi connectivity index (χ4v) is 2.37. The van der Waals surface area contributed by atoms with Crippen LogP contribution in [0.4, 0.5) is 0 Å². The van der Waals surface area contributed by atoms with Gasteiger partial charge in [0.25, 0.3) is 0 Å². The van der Waals surface area contributed by atoms with Crippen molar-refractivity contribution in [3.8, 4) is 0 Å². The average Bonchev–Trinajstić information content (AvgIpc) is 2.97. The summed E-state index contributed by atoms with van der Waals surface area (Å²) in [6.07, 6.45) is 2.12. The first-order valence-corrected chi connectivity index (χ1v) is 5.62. The van der Waals surface area contributed by atoms with Crippen LogP contribution in [0, 0.1) is 0 Å². The summed E-state index contributed by atoms with van der Waals surface area (Å²) in [6, 6.07) is 5.91. The molecule has 0 atom stereocenters. The van der Waals surface area contributed by atoms with E-state index in [1.54, 1.807) is 4.68 Å². The number of carbonyl (C=O) groups is 1. The zero-order chi connectivity index (χ0) is 12.0. The molecule has 1 fully saturated rings. The Labute approximate surface area is 98.0 Å². The number of aryl methyl sites for hydroxylation is 1. The van der Waals surface area contributed by atoms with Crippen molar-refractivity contribution in [1.82, 2.24) is 15.0 Å². The zero-order valence-electron chi connectivity index (χ0n) is 9.55. The topological polar surface area (TPSA) is 68.0 Å². The summed E-state index contributed by atoms with van der Waals surface area (Å²) >= 11 is 0. The number of aromatic nitrogens is 3. The van der Waals surface area contributed by atoms with Crippen LogP contribution in [0.2, 0.25) is 0 Å². The molecule has 1 aliphatic carbocycles. The first kappa shape index (κ1) is 10.3. The number of carboxylic acid groups (broad SMARTS) is 1. The molecular formula is C12H13N3O2. The zero-order valence-corrected chi connectivity index (χ0v) is 9.55. The lowest BCUT2D eigenvalue weighted by Crippen LogP contribution is -2.12. The Morgan fingerprint density at radius 1 is 1.53 bits per heavy atom. The van der Waals surface area contributed by atoms with Crippen LogP contribution in [-0.2, 0) is 17.3 Å². The molecule has 17 heavy (non-hydrogen) atoms. The van der Waals surface area contributed by atoms with Crippen LogP contribution in [0.1, 0.15) is 24.8 Å². The summed E-state index contributed by atoms with van der Waals surface area (Å²) in [5.41, 5.74) is 2.75. The van der Waals surface area contributed by atoms with Gasteiger partial charge in [-0.05, 0) is 30.5 Å². The van der Waals surface area contributed by atoms with E-state index in [-0.39, 0.29) is 11.8 Å². The van der Waals surface area contributed by atoms with Gasteiger partial charge in [-0.2, -0.15) is 0 Å². The van der Waals surface area contributed by atoms with Crippen molar-refractivity contribution < 1.29 is 9.90 Å². The highest BCUT2D eigenvalue weighted by atomic mass is 16.4. The maximum Gasteiger partial charge on any atom is 0.304 e. The van der Waals surface area contributed by atoms with Crippen molar-refractivity contribution in [2.45, 2.75) is 24.7 Å². The summed E-state index contributed by atoms with van der Waals surface area (Å²) in [4.78, 5) is 10.9. The van der Waals surface area contributed by atoms with E-state index < -0.39 is 5.97 Å². The fraction of sp³-hybridized carbons (Fsp3) is 0.417. The van der Waals surface area contributed by atoms with Gasteiger partial charge in [-0.1, -0.05) is 11.3 Å². The summed E-state index contributed by atoms with van der Waals surface area (Å²) in [5.74, 6) is -0.731. The third kappa shape index (κ3) is 1.58. The van der Waals surface area contributed by atoms with Gasteiger partial charge in [0.1, 0.15) is 5.52 Å². The quantitative estimate of drug-likeness (QED) is 0.868. The van der Waals surface area contributed by atoms with Crippen LogP contribution >= 0.6 is 0 Å². The predicted molar refractivity (Wildman–Crippen MR) is 61.7 cm³/mol. The molecule has 0 amide bonds. The van der Waals surface area contributed by atoms with E-state index in [1.165, 1.54) is 0 Å². The molecule has 5 heteroatoms. The fourth-order valence-electron chi connectivity index (χ4n) is 2.37. The highest BCUT2D eigenvalue weighted by Crippen LogP contribution is 2.51. The number of carboxylic acids is 1. The summed E-state index contributed by atoms with van der Waals surface area (Å²) < 4.78 is 1.72. The summed E-state index contributed by atoms with van der Waals surface area (Å²) in [6.45, 7) is 0. The number of nitrogens with zero attached hydrogens (tertiary/aromatic N) is 3. The van der Waals surface area contributed by atoms with Crippen molar-refractivity contribution in [2.24, 2.45) is 7.05 Å². The molecule has 0 saturated heterocycles. The molecule has 2 aromatic rings. The second kappa shape index (κ2) is 3.29. The van der Waals surface area contributed by atoms with Crippen molar-refractivity contribution in [3.63, 3.8) is 0 Å². The minimum Gasteiger partial charge on any atom is -0.481 e.